The summed E-state index contributed by atoms with van der Waals surface area (Å²) in [5.74, 6) is 2.17. The summed E-state index contributed by atoms with van der Waals surface area (Å²) in [6.45, 7) is 2.64. The van der Waals surface area contributed by atoms with Crippen molar-refractivity contribution in [3.63, 3.8) is 0 Å². The van der Waals surface area contributed by atoms with Crippen LogP contribution in [-0.2, 0) is 4.74 Å². The molecule has 1 fully saturated rings. The number of hydrogen-bond acceptors (Lipinski definition) is 6. The maximum Gasteiger partial charge on any atom is 0.225 e. The average molecular weight is 264 g/mol. The van der Waals surface area contributed by atoms with E-state index in [1.807, 2.05) is 12.4 Å². The van der Waals surface area contributed by atoms with Gasteiger partial charge < -0.3 is 15.4 Å². The highest BCUT2D eigenvalue weighted by Crippen LogP contribution is 2.26. The highest BCUT2D eigenvalue weighted by atomic mass is 32.1. The molecule has 0 aliphatic carbocycles. The van der Waals surface area contributed by atoms with Gasteiger partial charge in [-0.1, -0.05) is 0 Å². The van der Waals surface area contributed by atoms with Crippen molar-refractivity contribution in [2.75, 3.05) is 37.4 Å². The molecule has 2 N–H and O–H groups in total. The SMILES string of the molecule is CNc1nc(NCC2CCOC2)c2ccsc2n1. The lowest BCUT2D eigenvalue weighted by Gasteiger charge is -2.11. The minimum Gasteiger partial charge on any atom is -0.381 e. The lowest BCUT2D eigenvalue weighted by Crippen LogP contribution is -2.15. The first-order valence-corrected chi connectivity index (χ1v) is 6.99. The van der Waals surface area contributed by atoms with Crippen molar-refractivity contribution < 1.29 is 4.74 Å². The summed E-state index contributed by atoms with van der Waals surface area (Å²) in [4.78, 5) is 9.92. The number of ether oxygens (including phenoxy) is 1. The minimum atomic E-state index is 0.590. The van der Waals surface area contributed by atoms with Gasteiger partial charge in [0, 0.05) is 26.1 Å². The normalized spacial score (nSPS) is 19.3. The molecule has 1 saturated heterocycles. The molecule has 5 nitrogen and oxygen atoms in total. The molecule has 0 saturated carbocycles. The molecule has 0 bridgehead atoms. The Morgan fingerprint density at radius 1 is 1.50 bits per heavy atom. The smallest absolute Gasteiger partial charge is 0.225 e. The van der Waals surface area contributed by atoms with Crippen molar-refractivity contribution in [3.8, 4) is 0 Å². The van der Waals surface area contributed by atoms with Crippen molar-refractivity contribution in [1.82, 2.24) is 9.97 Å². The molecule has 6 heteroatoms. The van der Waals surface area contributed by atoms with Gasteiger partial charge in [0.05, 0.1) is 12.0 Å². The standard InChI is InChI=1S/C12H16N4OS/c1-13-12-15-10(9-3-5-18-11(9)16-12)14-6-8-2-4-17-7-8/h3,5,8H,2,4,6-7H2,1H3,(H2,13,14,15,16). The minimum absolute atomic E-state index is 0.590. The van der Waals surface area contributed by atoms with Gasteiger partial charge in [0.1, 0.15) is 10.6 Å². The molecule has 1 aliphatic heterocycles. The first kappa shape index (κ1) is 11.7. The molecule has 0 spiro atoms. The number of nitrogens with one attached hydrogen (secondary N) is 2. The molecule has 18 heavy (non-hydrogen) atoms. The Morgan fingerprint density at radius 2 is 2.44 bits per heavy atom. The first-order valence-electron chi connectivity index (χ1n) is 6.11. The highest BCUT2D eigenvalue weighted by Gasteiger charge is 2.16. The number of hydrogen-bond donors (Lipinski definition) is 2. The van der Waals surface area contributed by atoms with Crippen LogP contribution < -0.4 is 10.6 Å². The van der Waals surface area contributed by atoms with E-state index >= 15 is 0 Å². The van der Waals surface area contributed by atoms with Crippen molar-refractivity contribution >= 4 is 33.3 Å². The molecule has 0 aromatic carbocycles. The monoisotopic (exact) mass is 264 g/mol. The van der Waals surface area contributed by atoms with Crippen molar-refractivity contribution in [1.29, 1.82) is 0 Å². The van der Waals surface area contributed by atoms with Crippen LogP contribution in [0.25, 0.3) is 10.2 Å². The average Bonchev–Trinajstić information content (AvgIpc) is 3.06. The number of aromatic nitrogens is 2. The topological polar surface area (TPSA) is 59.1 Å². The third kappa shape index (κ3) is 2.26. The van der Waals surface area contributed by atoms with Crippen LogP contribution in [0.5, 0.6) is 0 Å². The van der Waals surface area contributed by atoms with Crippen LogP contribution in [0.1, 0.15) is 6.42 Å². The molecule has 96 valence electrons. The van der Waals surface area contributed by atoms with E-state index in [9.17, 15) is 0 Å². The van der Waals surface area contributed by atoms with Crippen LogP contribution in [-0.4, -0.2) is 36.8 Å². The summed E-state index contributed by atoms with van der Waals surface area (Å²) in [7, 11) is 1.84. The molecule has 3 heterocycles. The summed E-state index contributed by atoms with van der Waals surface area (Å²) in [6, 6.07) is 2.06. The molecule has 3 rings (SSSR count). The van der Waals surface area contributed by atoms with E-state index in [0.717, 1.165) is 42.2 Å². The summed E-state index contributed by atoms with van der Waals surface area (Å²) < 4.78 is 5.38. The Hall–Kier alpha value is -1.40. The second-order valence-electron chi connectivity index (χ2n) is 4.40. The Kier molecular flexibility index (Phi) is 3.29. The van der Waals surface area contributed by atoms with Gasteiger partial charge in [-0.25, -0.2) is 4.98 Å². The molecule has 2 aromatic heterocycles. The number of nitrogens with zero attached hydrogens (tertiary/aromatic N) is 2. The van der Waals surface area contributed by atoms with E-state index in [-0.39, 0.29) is 0 Å². The Morgan fingerprint density at radius 3 is 3.22 bits per heavy atom. The zero-order chi connectivity index (χ0) is 12.4. The zero-order valence-electron chi connectivity index (χ0n) is 10.3. The number of fused-ring (bicyclic) bond motifs is 1. The summed E-state index contributed by atoms with van der Waals surface area (Å²) in [6.07, 6.45) is 1.13. The van der Waals surface area contributed by atoms with Gasteiger partial charge in [-0.3, -0.25) is 0 Å². The van der Waals surface area contributed by atoms with E-state index in [1.54, 1.807) is 11.3 Å². The summed E-state index contributed by atoms with van der Waals surface area (Å²) in [5, 5.41) is 9.56. The number of rotatable bonds is 4. The third-order valence-corrected chi connectivity index (χ3v) is 3.94. The highest BCUT2D eigenvalue weighted by molar-refractivity contribution is 7.16. The van der Waals surface area contributed by atoms with Crippen molar-refractivity contribution in [3.05, 3.63) is 11.4 Å². The molecular formula is C12H16N4OS. The fourth-order valence-corrected chi connectivity index (χ4v) is 2.85. The van der Waals surface area contributed by atoms with Gasteiger partial charge in [0.2, 0.25) is 5.95 Å². The van der Waals surface area contributed by atoms with E-state index in [1.165, 1.54) is 0 Å². The zero-order valence-corrected chi connectivity index (χ0v) is 11.1. The lowest BCUT2D eigenvalue weighted by atomic mass is 10.1. The van der Waals surface area contributed by atoms with Gasteiger partial charge in [-0.15, -0.1) is 11.3 Å². The quantitative estimate of drug-likeness (QED) is 0.886. The van der Waals surface area contributed by atoms with Crippen LogP contribution in [0, 0.1) is 5.92 Å². The molecular weight excluding hydrogens is 248 g/mol. The van der Waals surface area contributed by atoms with Gasteiger partial charge in [-0.2, -0.15) is 4.98 Å². The van der Waals surface area contributed by atoms with E-state index < -0.39 is 0 Å². The molecule has 2 aromatic rings. The summed E-state index contributed by atoms with van der Waals surface area (Å²) >= 11 is 1.63. The molecule has 0 amide bonds. The van der Waals surface area contributed by atoms with Gasteiger partial charge in [0.15, 0.2) is 0 Å². The van der Waals surface area contributed by atoms with Crippen LogP contribution in [0.4, 0.5) is 11.8 Å². The Labute approximate surface area is 110 Å². The van der Waals surface area contributed by atoms with Crippen LogP contribution in [0.2, 0.25) is 0 Å². The number of thiophene rings is 1. The van der Waals surface area contributed by atoms with Crippen LogP contribution >= 0.6 is 11.3 Å². The predicted molar refractivity (Wildman–Crippen MR) is 74.4 cm³/mol. The maximum atomic E-state index is 5.38. The predicted octanol–water partition coefficient (Wildman–Crippen LogP) is 2.18. The largest absolute Gasteiger partial charge is 0.381 e. The Bertz CT molecular complexity index is 536. The van der Waals surface area contributed by atoms with E-state index in [4.69, 9.17) is 4.74 Å². The molecule has 1 aliphatic rings. The van der Waals surface area contributed by atoms with Gasteiger partial charge in [0.25, 0.3) is 0 Å². The fraction of sp³-hybridized carbons (Fsp3) is 0.500. The Balaban J connectivity index is 1.82. The lowest BCUT2D eigenvalue weighted by molar-refractivity contribution is 0.187. The van der Waals surface area contributed by atoms with Gasteiger partial charge in [-0.05, 0) is 17.9 Å². The second kappa shape index (κ2) is 5.07. The molecule has 1 unspecified atom stereocenters. The van der Waals surface area contributed by atoms with Crippen LogP contribution in [0.3, 0.4) is 0 Å². The maximum absolute atomic E-state index is 5.38. The first-order chi connectivity index (χ1) is 8.86. The second-order valence-corrected chi connectivity index (χ2v) is 5.29. The molecule has 1 atom stereocenters. The van der Waals surface area contributed by atoms with Crippen molar-refractivity contribution in [2.45, 2.75) is 6.42 Å². The number of anilines is 2. The summed E-state index contributed by atoms with van der Waals surface area (Å²) in [5.41, 5.74) is 0. The van der Waals surface area contributed by atoms with E-state index in [2.05, 4.69) is 26.7 Å². The van der Waals surface area contributed by atoms with Gasteiger partial charge >= 0.3 is 0 Å². The fourth-order valence-electron chi connectivity index (χ4n) is 2.09. The molecule has 0 radical (unpaired) electrons. The van der Waals surface area contributed by atoms with Crippen LogP contribution in [0.15, 0.2) is 11.4 Å². The third-order valence-electron chi connectivity index (χ3n) is 3.13. The van der Waals surface area contributed by atoms with Crippen molar-refractivity contribution in [2.24, 2.45) is 5.92 Å². The van der Waals surface area contributed by atoms with E-state index in [0.29, 0.717) is 11.9 Å².